The number of hydrogen-bond acceptors (Lipinski definition) is 4. The number of benzene rings is 3. The Labute approximate surface area is 184 Å². The molecular weight excluding hydrogens is 382 g/mol. The number of para-hydroxylation sites is 1. The van der Waals surface area contributed by atoms with Crippen molar-refractivity contribution >= 4 is 16.5 Å². The van der Waals surface area contributed by atoms with Crippen molar-refractivity contribution in [3.8, 4) is 5.75 Å². The van der Waals surface area contributed by atoms with Crippen LogP contribution in [0.2, 0.25) is 0 Å². The maximum absolute atomic E-state index is 6.78. The molecule has 6 rings (SSSR count). The van der Waals surface area contributed by atoms with Crippen LogP contribution in [-0.2, 0) is 0 Å². The number of nitrogens with zero attached hydrogens (tertiary/aromatic N) is 2. The van der Waals surface area contributed by atoms with Gasteiger partial charge in [-0.25, -0.2) is 0 Å². The zero-order chi connectivity index (χ0) is 20.8. The summed E-state index contributed by atoms with van der Waals surface area (Å²) in [4.78, 5) is 2.57. The zero-order valence-corrected chi connectivity index (χ0v) is 18.1. The summed E-state index contributed by atoms with van der Waals surface area (Å²) in [6.45, 7) is 5.58. The molecule has 0 aliphatic carbocycles. The van der Waals surface area contributed by atoms with Gasteiger partial charge in [0.1, 0.15) is 5.75 Å². The van der Waals surface area contributed by atoms with Gasteiger partial charge in [-0.1, -0.05) is 67.6 Å². The van der Waals surface area contributed by atoms with Gasteiger partial charge in [0.05, 0.1) is 11.7 Å². The fourth-order valence-electron chi connectivity index (χ4n) is 5.52. The first-order valence-electron chi connectivity index (χ1n) is 11.5. The molecule has 4 nitrogen and oxygen atoms in total. The molecule has 0 bridgehead atoms. The van der Waals surface area contributed by atoms with E-state index in [1.807, 2.05) is 0 Å². The van der Waals surface area contributed by atoms with Crippen LogP contribution in [-0.4, -0.2) is 35.3 Å². The summed E-state index contributed by atoms with van der Waals surface area (Å²) in [7, 11) is 0. The first-order valence-corrected chi connectivity index (χ1v) is 11.5. The molecule has 1 fully saturated rings. The molecule has 1 atom stereocenters. The van der Waals surface area contributed by atoms with Gasteiger partial charge < -0.3 is 15.1 Å². The Kier molecular flexibility index (Phi) is 4.51. The molecular formula is C27H29N3O. The number of fused-ring (bicyclic) bond motifs is 5. The third-order valence-corrected chi connectivity index (χ3v) is 7.08. The number of likely N-dealkylation sites (tertiary alicyclic amines) is 1. The van der Waals surface area contributed by atoms with E-state index in [9.17, 15) is 0 Å². The number of hydrazine groups is 1. The first kappa shape index (κ1) is 18.9. The van der Waals surface area contributed by atoms with Crippen LogP contribution in [0, 0.1) is 0 Å². The number of rotatable bonds is 3. The summed E-state index contributed by atoms with van der Waals surface area (Å²) in [6.07, 6.45) is 5.60. The van der Waals surface area contributed by atoms with Crippen LogP contribution < -0.4 is 10.2 Å². The normalized spacial score (nSPS) is 22.5. The minimum atomic E-state index is -0.313. The van der Waals surface area contributed by atoms with Gasteiger partial charge in [0.2, 0.25) is 0 Å². The van der Waals surface area contributed by atoms with Crippen molar-refractivity contribution in [2.75, 3.05) is 19.6 Å². The van der Waals surface area contributed by atoms with Crippen molar-refractivity contribution in [3.05, 3.63) is 83.9 Å². The Morgan fingerprint density at radius 1 is 0.968 bits per heavy atom. The molecule has 3 aliphatic rings. The summed E-state index contributed by atoms with van der Waals surface area (Å²) in [6, 6.07) is 23.9. The zero-order valence-electron chi connectivity index (χ0n) is 18.1. The molecule has 3 aromatic rings. The van der Waals surface area contributed by atoms with Gasteiger partial charge in [-0.15, -0.1) is 0 Å². The lowest BCUT2D eigenvalue weighted by Gasteiger charge is -2.51. The molecule has 4 heteroatoms. The van der Waals surface area contributed by atoms with Crippen LogP contribution in [0.15, 0.2) is 72.8 Å². The van der Waals surface area contributed by atoms with Gasteiger partial charge in [-0.2, -0.15) is 5.01 Å². The second-order valence-corrected chi connectivity index (χ2v) is 8.96. The molecule has 0 amide bonds. The van der Waals surface area contributed by atoms with E-state index in [1.54, 1.807) is 0 Å². The highest BCUT2D eigenvalue weighted by Crippen LogP contribution is 2.48. The molecule has 0 unspecified atom stereocenters. The highest BCUT2D eigenvalue weighted by molar-refractivity contribution is 5.93. The minimum absolute atomic E-state index is 0.177. The molecule has 158 valence electrons. The van der Waals surface area contributed by atoms with Gasteiger partial charge in [0.15, 0.2) is 5.72 Å². The van der Waals surface area contributed by atoms with E-state index in [4.69, 9.17) is 4.74 Å². The van der Waals surface area contributed by atoms with Gasteiger partial charge in [0.25, 0.3) is 0 Å². The first-order chi connectivity index (χ1) is 15.3. The van der Waals surface area contributed by atoms with E-state index in [2.05, 4.69) is 95.1 Å². The molecule has 3 heterocycles. The number of hydrogen-bond donors (Lipinski definition) is 1. The summed E-state index contributed by atoms with van der Waals surface area (Å²) in [5, 5.41) is 4.95. The fraction of sp³-hybridized carbons (Fsp3) is 0.333. The summed E-state index contributed by atoms with van der Waals surface area (Å²) >= 11 is 0. The molecule has 1 saturated heterocycles. The van der Waals surface area contributed by atoms with Crippen molar-refractivity contribution in [3.63, 3.8) is 0 Å². The monoisotopic (exact) mass is 411 g/mol. The second kappa shape index (κ2) is 7.40. The molecule has 1 spiro atoms. The average Bonchev–Trinajstić information content (AvgIpc) is 3.27. The van der Waals surface area contributed by atoms with E-state index >= 15 is 0 Å². The summed E-state index contributed by atoms with van der Waals surface area (Å²) in [5.74, 6) is 1.03. The van der Waals surface area contributed by atoms with Crippen molar-refractivity contribution in [1.29, 1.82) is 0 Å². The standard InChI is InChI=1S/C27H29N3O/c1-2-16-29-17-14-27(15-18-29)30-25(23-11-5-6-13-26(23)31-27)19-24(28-30)22-12-7-9-20-8-3-4-10-21(20)22/h3-13,19,25,28H,2,14-18H2,1H3/t25-/m0/s1. The van der Waals surface area contributed by atoms with Gasteiger partial charge in [0, 0.05) is 37.1 Å². The Morgan fingerprint density at radius 3 is 2.61 bits per heavy atom. The third kappa shape index (κ3) is 3.05. The fourth-order valence-corrected chi connectivity index (χ4v) is 5.52. The maximum Gasteiger partial charge on any atom is 0.182 e. The number of piperidine rings is 1. The smallest absolute Gasteiger partial charge is 0.182 e. The van der Waals surface area contributed by atoms with Crippen molar-refractivity contribution in [1.82, 2.24) is 15.3 Å². The van der Waals surface area contributed by atoms with Gasteiger partial charge >= 0.3 is 0 Å². The van der Waals surface area contributed by atoms with Crippen LogP contribution in [0.25, 0.3) is 16.5 Å². The topological polar surface area (TPSA) is 27.7 Å². The quantitative estimate of drug-likeness (QED) is 0.630. The number of ether oxygens (including phenoxy) is 1. The van der Waals surface area contributed by atoms with Crippen molar-refractivity contribution in [2.45, 2.75) is 38.0 Å². The molecule has 0 radical (unpaired) electrons. The van der Waals surface area contributed by atoms with Crippen molar-refractivity contribution < 1.29 is 4.74 Å². The molecule has 31 heavy (non-hydrogen) atoms. The number of nitrogens with one attached hydrogen (secondary N) is 1. The molecule has 3 aliphatic heterocycles. The lowest BCUT2D eigenvalue weighted by atomic mass is 9.92. The SMILES string of the molecule is CCCN1CCC2(CC1)Oc1ccccc1[C@@H]1C=C(c3cccc4ccccc34)NN12. The Morgan fingerprint density at radius 2 is 1.74 bits per heavy atom. The van der Waals surface area contributed by atoms with E-state index in [0.29, 0.717) is 0 Å². The second-order valence-electron chi connectivity index (χ2n) is 8.96. The van der Waals surface area contributed by atoms with Crippen LogP contribution in [0.3, 0.4) is 0 Å². The van der Waals surface area contributed by atoms with E-state index in [0.717, 1.165) is 31.7 Å². The van der Waals surface area contributed by atoms with Crippen LogP contribution in [0.4, 0.5) is 0 Å². The highest BCUT2D eigenvalue weighted by atomic mass is 16.5. The summed E-state index contributed by atoms with van der Waals surface area (Å²) < 4.78 is 6.78. The van der Waals surface area contributed by atoms with Crippen LogP contribution in [0.1, 0.15) is 43.4 Å². The van der Waals surface area contributed by atoms with Gasteiger partial charge in [-0.05, 0) is 35.9 Å². The van der Waals surface area contributed by atoms with Crippen molar-refractivity contribution in [2.24, 2.45) is 0 Å². The minimum Gasteiger partial charge on any atom is -0.470 e. The van der Waals surface area contributed by atoms with E-state index in [1.165, 1.54) is 40.6 Å². The Bertz CT molecular complexity index is 1140. The van der Waals surface area contributed by atoms with Gasteiger partial charge in [-0.3, -0.25) is 0 Å². The molecule has 0 aromatic heterocycles. The highest BCUT2D eigenvalue weighted by Gasteiger charge is 2.51. The largest absolute Gasteiger partial charge is 0.470 e. The lowest BCUT2D eigenvalue weighted by molar-refractivity contribution is -0.159. The summed E-state index contributed by atoms with van der Waals surface area (Å²) in [5.41, 5.74) is 7.16. The Hall–Kier alpha value is -2.82. The molecule has 1 N–H and O–H groups in total. The Balaban J connectivity index is 1.41. The maximum atomic E-state index is 6.78. The van der Waals surface area contributed by atoms with E-state index < -0.39 is 0 Å². The lowest BCUT2D eigenvalue weighted by Crippen LogP contribution is -2.63. The molecule has 3 aromatic carbocycles. The van der Waals surface area contributed by atoms with Crippen LogP contribution >= 0.6 is 0 Å². The third-order valence-electron chi connectivity index (χ3n) is 7.08. The van der Waals surface area contributed by atoms with Crippen LogP contribution in [0.5, 0.6) is 5.75 Å². The average molecular weight is 412 g/mol. The van der Waals surface area contributed by atoms with E-state index in [-0.39, 0.29) is 11.8 Å². The predicted octanol–water partition coefficient (Wildman–Crippen LogP) is 5.34. The molecule has 0 saturated carbocycles. The predicted molar refractivity (Wildman–Crippen MR) is 125 cm³/mol.